The highest BCUT2D eigenvalue weighted by Crippen LogP contribution is 2.28. The third-order valence-electron chi connectivity index (χ3n) is 3.43. The van der Waals surface area contributed by atoms with Crippen LogP contribution in [0.25, 0.3) is 0 Å². The second-order valence-corrected chi connectivity index (χ2v) is 6.43. The van der Waals surface area contributed by atoms with Crippen LogP contribution in [0.5, 0.6) is 0 Å². The predicted octanol–water partition coefficient (Wildman–Crippen LogP) is 3.68. The van der Waals surface area contributed by atoms with Crippen molar-refractivity contribution in [2.45, 2.75) is 70.2 Å². The molecule has 0 amide bonds. The third-order valence-corrected chi connectivity index (χ3v) is 4.60. The van der Waals surface area contributed by atoms with Gasteiger partial charge in [-0.25, -0.2) is 0 Å². The van der Waals surface area contributed by atoms with Gasteiger partial charge >= 0.3 is 0 Å². The summed E-state index contributed by atoms with van der Waals surface area (Å²) < 4.78 is 0. The fourth-order valence-electron chi connectivity index (χ4n) is 2.43. The molecule has 1 saturated carbocycles. The summed E-state index contributed by atoms with van der Waals surface area (Å²) in [4.78, 5) is 0. The van der Waals surface area contributed by atoms with E-state index in [1.165, 1.54) is 32.1 Å². The van der Waals surface area contributed by atoms with Gasteiger partial charge in [0.1, 0.15) is 0 Å². The molecule has 1 nitrogen and oxygen atoms in total. The van der Waals surface area contributed by atoms with Crippen molar-refractivity contribution < 1.29 is 0 Å². The normalized spacial score (nSPS) is 28.6. The first kappa shape index (κ1) is 13.4. The van der Waals surface area contributed by atoms with Crippen LogP contribution in [0, 0.1) is 5.92 Å². The van der Waals surface area contributed by atoms with Crippen LogP contribution in [0.15, 0.2) is 0 Å². The fraction of sp³-hybridized carbons (Fsp3) is 1.00. The Kier molecular flexibility index (Phi) is 6.06. The lowest BCUT2D eigenvalue weighted by Crippen LogP contribution is -2.40. The number of hydrogen-bond acceptors (Lipinski definition) is 2. The molecular formula is C13H27NS. The topological polar surface area (TPSA) is 12.0 Å². The number of nitrogens with one attached hydrogen (secondary N) is 1. The van der Waals surface area contributed by atoms with Gasteiger partial charge in [0.05, 0.1) is 0 Å². The maximum atomic E-state index is 3.81. The molecule has 3 atom stereocenters. The van der Waals surface area contributed by atoms with Crippen LogP contribution in [0.4, 0.5) is 0 Å². The molecule has 0 bridgehead atoms. The van der Waals surface area contributed by atoms with Crippen molar-refractivity contribution in [2.75, 3.05) is 6.26 Å². The van der Waals surface area contributed by atoms with Gasteiger partial charge < -0.3 is 5.32 Å². The average molecular weight is 229 g/mol. The second-order valence-electron chi connectivity index (χ2n) is 5.35. The molecule has 1 aliphatic carbocycles. The van der Waals surface area contributed by atoms with E-state index in [1.807, 2.05) is 11.8 Å². The van der Waals surface area contributed by atoms with E-state index in [2.05, 4.69) is 32.3 Å². The molecule has 0 aromatic rings. The number of hydrogen-bond donors (Lipinski definition) is 1. The van der Waals surface area contributed by atoms with Crippen LogP contribution in [0.2, 0.25) is 0 Å². The Morgan fingerprint density at radius 1 is 1.20 bits per heavy atom. The molecule has 15 heavy (non-hydrogen) atoms. The smallest absolute Gasteiger partial charge is 0.0198 e. The van der Waals surface area contributed by atoms with E-state index < -0.39 is 0 Å². The molecule has 90 valence electrons. The van der Waals surface area contributed by atoms with Gasteiger partial charge in [-0.3, -0.25) is 0 Å². The molecule has 1 fully saturated rings. The van der Waals surface area contributed by atoms with E-state index in [1.54, 1.807) is 0 Å². The monoisotopic (exact) mass is 229 g/mol. The Bertz CT molecular complexity index is 170. The standard InChI is InChI=1S/C13H27NS/c1-10(2)8-9-11(3)14-12-6-5-7-13(12)15-4/h10-14H,5-9H2,1-4H3. The molecule has 0 aliphatic heterocycles. The van der Waals surface area contributed by atoms with Gasteiger partial charge in [-0.05, 0) is 44.8 Å². The first-order valence-corrected chi connectivity index (χ1v) is 7.71. The summed E-state index contributed by atoms with van der Waals surface area (Å²) in [6, 6.07) is 1.48. The first-order chi connectivity index (χ1) is 7.13. The van der Waals surface area contributed by atoms with Crippen molar-refractivity contribution in [3.8, 4) is 0 Å². The Hall–Kier alpha value is 0.310. The highest BCUT2D eigenvalue weighted by Gasteiger charge is 2.26. The molecule has 3 unspecified atom stereocenters. The number of thioether (sulfide) groups is 1. The summed E-state index contributed by atoms with van der Waals surface area (Å²) in [5.41, 5.74) is 0. The summed E-state index contributed by atoms with van der Waals surface area (Å²) in [6.45, 7) is 6.97. The molecule has 0 aromatic carbocycles. The van der Waals surface area contributed by atoms with Crippen molar-refractivity contribution in [1.29, 1.82) is 0 Å². The summed E-state index contributed by atoms with van der Waals surface area (Å²) >= 11 is 2.04. The van der Waals surface area contributed by atoms with Gasteiger partial charge in [-0.1, -0.05) is 20.3 Å². The van der Waals surface area contributed by atoms with Gasteiger partial charge in [-0.2, -0.15) is 11.8 Å². The van der Waals surface area contributed by atoms with E-state index in [0.717, 1.165) is 17.2 Å². The van der Waals surface area contributed by atoms with Crippen LogP contribution < -0.4 is 5.32 Å². The molecule has 1 N–H and O–H groups in total. The molecule has 0 saturated heterocycles. The maximum Gasteiger partial charge on any atom is 0.0198 e. The average Bonchev–Trinajstić information content (AvgIpc) is 2.62. The zero-order chi connectivity index (χ0) is 11.3. The summed E-state index contributed by atoms with van der Waals surface area (Å²) in [7, 11) is 0. The quantitative estimate of drug-likeness (QED) is 0.745. The SMILES string of the molecule is CSC1CCCC1NC(C)CCC(C)C. The molecule has 1 aliphatic rings. The maximum absolute atomic E-state index is 3.81. The Morgan fingerprint density at radius 2 is 1.93 bits per heavy atom. The van der Waals surface area contributed by atoms with E-state index in [9.17, 15) is 0 Å². The lowest BCUT2D eigenvalue weighted by Gasteiger charge is -2.24. The molecule has 0 aromatic heterocycles. The number of rotatable bonds is 6. The first-order valence-electron chi connectivity index (χ1n) is 6.42. The molecule has 0 spiro atoms. The van der Waals surface area contributed by atoms with Crippen LogP contribution in [-0.4, -0.2) is 23.6 Å². The van der Waals surface area contributed by atoms with Crippen molar-refractivity contribution in [3.05, 3.63) is 0 Å². The largest absolute Gasteiger partial charge is 0.310 e. The van der Waals surface area contributed by atoms with E-state index >= 15 is 0 Å². The van der Waals surface area contributed by atoms with E-state index in [4.69, 9.17) is 0 Å². The van der Waals surface area contributed by atoms with Crippen molar-refractivity contribution in [3.63, 3.8) is 0 Å². The molecular weight excluding hydrogens is 202 g/mol. The zero-order valence-electron chi connectivity index (χ0n) is 10.8. The second kappa shape index (κ2) is 6.80. The summed E-state index contributed by atoms with van der Waals surface area (Å²) in [6.07, 6.45) is 9.15. The minimum Gasteiger partial charge on any atom is -0.310 e. The molecule has 0 heterocycles. The van der Waals surface area contributed by atoms with Crippen LogP contribution in [0.3, 0.4) is 0 Å². The third kappa shape index (κ3) is 4.78. The minimum absolute atomic E-state index is 0.699. The van der Waals surface area contributed by atoms with Gasteiger partial charge in [0, 0.05) is 17.3 Å². The van der Waals surface area contributed by atoms with Gasteiger partial charge in [0.25, 0.3) is 0 Å². The van der Waals surface area contributed by atoms with Crippen LogP contribution >= 0.6 is 11.8 Å². The van der Waals surface area contributed by atoms with Crippen LogP contribution in [0.1, 0.15) is 52.9 Å². The van der Waals surface area contributed by atoms with Gasteiger partial charge in [0.2, 0.25) is 0 Å². The molecule has 0 radical (unpaired) electrons. The van der Waals surface area contributed by atoms with Crippen LogP contribution in [-0.2, 0) is 0 Å². The lowest BCUT2D eigenvalue weighted by molar-refractivity contribution is 0.405. The minimum atomic E-state index is 0.699. The lowest BCUT2D eigenvalue weighted by atomic mass is 10.0. The van der Waals surface area contributed by atoms with E-state index in [-0.39, 0.29) is 0 Å². The summed E-state index contributed by atoms with van der Waals surface area (Å²) in [5, 5.41) is 4.68. The van der Waals surface area contributed by atoms with Crippen molar-refractivity contribution >= 4 is 11.8 Å². The highest BCUT2D eigenvalue weighted by molar-refractivity contribution is 7.99. The molecule has 2 heteroatoms. The van der Waals surface area contributed by atoms with E-state index in [0.29, 0.717) is 6.04 Å². The highest BCUT2D eigenvalue weighted by atomic mass is 32.2. The Labute approximate surface area is 99.8 Å². The van der Waals surface area contributed by atoms with Crippen molar-refractivity contribution in [2.24, 2.45) is 5.92 Å². The fourth-order valence-corrected chi connectivity index (χ4v) is 3.38. The van der Waals surface area contributed by atoms with Gasteiger partial charge in [-0.15, -0.1) is 0 Å². The Balaban J connectivity index is 2.21. The Morgan fingerprint density at radius 3 is 2.53 bits per heavy atom. The zero-order valence-corrected chi connectivity index (χ0v) is 11.6. The predicted molar refractivity (Wildman–Crippen MR) is 71.6 cm³/mol. The summed E-state index contributed by atoms with van der Waals surface area (Å²) in [5.74, 6) is 0.842. The van der Waals surface area contributed by atoms with Gasteiger partial charge in [0.15, 0.2) is 0 Å². The molecule has 1 rings (SSSR count). The van der Waals surface area contributed by atoms with Crippen molar-refractivity contribution in [1.82, 2.24) is 5.32 Å².